The van der Waals surface area contributed by atoms with Gasteiger partial charge in [0.2, 0.25) is 0 Å². The van der Waals surface area contributed by atoms with E-state index in [1.807, 2.05) is 41.3 Å². The lowest BCUT2D eigenvalue weighted by molar-refractivity contribution is 0.0298. The van der Waals surface area contributed by atoms with Crippen molar-refractivity contribution in [3.63, 3.8) is 0 Å². The van der Waals surface area contributed by atoms with Gasteiger partial charge in [-0.2, -0.15) is 0 Å². The Morgan fingerprint density at radius 3 is 2.58 bits per heavy atom. The third kappa shape index (κ3) is 4.02. The normalized spacial score (nSPS) is 26.0. The van der Waals surface area contributed by atoms with Crippen molar-refractivity contribution in [3.05, 3.63) is 42.4 Å². The third-order valence-corrected chi connectivity index (χ3v) is 7.05. The Morgan fingerprint density at radius 2 is 1.81 bits per heavy atom. The maximum Gasteiger partial charge on any atom is 0.147 e. The molecule has 2 aromatic heterocycles. The minimum atomic E-state index is -0.396. The number of hydrogen-bond acceptors (Lipinski definition) is 7. The first-order chi connectivity index (χ1) is 15.1. The zero-order valence-electron chi connectivity index (χ0n) is 18.3. The summed E-state index contributed by atoms with van der Waals surface area (Å²) in [5, 5.41) is 19.7. The van der Waals surface area contributed by atoms with Gasteiger partial charge >= 0.3 is 0 Å². The number of aromatic nitrogens is 5. The van der Waals surface area contributed by atoms with Crippen LogP contribution in [0.15, 0.2) is 36.7 Å². The number of aliphatic hydroxyl groups excluding tert-OH is 1. The molecular formula is C23H31N7O. The highest BCUT2D eigenvalue weighted by Crippen LogP contribution is 2.42. The highest BCUT2D eigenvalue weighted by atomic mass is 16.3. The van der Waals surface area contributed by atoms with E-state index in [-0.39, 0.29) is 6.04 Å². The van der Waals surface area contributed by atoms with Gasteiger partial charge in [0, 0.05) is 19.6 Å². The van der Waals surface area contributed by atoms with Crippen molar-refractivity contribution >= 4 is 16.9 Å². The molecule has 0 amide bonds. The molecular weight excluding hydrogens is 390 g/mol. The average Bonchev–Trinajstić information content (AvgIpc) is 3.43. The second-order valence-electron chi connectivity index (χ2n) is 8.90. The molecule has 1 N–H and O–H groups in total. The zero-order valence-corrected chi connectivity index (χ0v) is 18.3. The molecule has 5 rings (SSSR count). The van der Waals surface area contributed by atoms with Crippen LogP contribution in [0, 0.1) is 11.8 Å². The van der Waals surface area contributed by atoms with Crippen LogP contribution in [0.3, 0.4) is 0 Å². The van der Waals surface area contributed by atoms with E-state index in [0.29, 0.717) is 11.8 Å². The van der Waals surface area contributed by atoms with Gasteiger partial charge < -0.3 is 10.0 Å². The lowest BCUT2D eigenvalue weighted by atomic mass is 9.77. The molecule has 3 aromatic rings. The smallest absolute Gasteiger partial charge is 0.147 e. The molecule has 0 radical (unpaired) electrons. The standard InChI is InChI=1S/C23H31N7O/c1-3-28(4-2)14-18-15-30(27-26-18)21-9-16-12-29(13-17(16)10-22(21)31)23-11-24-19-7-5-6-8-20(19)25-23/h5-8,11,15-17,21-22,31H,3-4,9-10,12-14H2,1-2H3/t16-,17+,21-,22-/m1/s1. The molecule has 4 atom stereocenters. The molecule has 1 aliphatic heterocycles. The predicted molar refractivity (Wildman–Crippen MR) is 120 cm³/mol. The van der Waals surface area contributed by atoms with E-state index in [1.165, 1.54) is 0 Å². The fourth-order valence-corrected chi connectivity index (χ4v) is 5.20. The molecule has 0 unspecified atom stereocenters. The summed E-state index contributed by atoms with van der Waals surface area (Å²) in [5.74, 6) is 1.91. The van der Waals surface area contributed by atoms with E-state index in [1.54, 1.807) is 0 Å². The first kappa shape index (κ1) is 20.3. The molecule has 3 heterocycles. The molecule has 0 bridgehead atoms. The van der Waals surface area contributed by atoms with E-state index >= 15 is 0 Å². The van der Waals surface area contributed by atoms with E-state index in [4.69, 9.17) is 4.98 Å². The summed E-state index contributed by atoms with van der Waals surface area (Å²) in [6.07, 6.45) is 5.21. The van der Waals surface area contributed by atoms with Crippen molar-refractivity contribution in [2.24, 2.45) is 11.8 Å². The second kappa shape index (κ2) is 8.51. The highest BCUT2D eigenvalue weighted by molar-refractivity contribution is 5.75. The number of anilines is 1. The molecule has 1 saturated heterocycles. The second-order valence-corrected chi connectivity index (χ2v) is 8.90. The van der Waals surface area contributed by atoms with Crippen molar-refractivity contribution in [3.8, 4) is 0 Å². The van der Waals surface area contributed by atoms with E-state index < -0.39 is 6.10 Å². The Balaban J connectivity index is 1.29. The zero-order chi connectivity index (χ0) is 21.4. The third-order valence-electron chi connectivity index (χ3n) is 7.05. The number of hydrogen-bond donors (Lipinski definition) is 1. The number of para-hydroxylation sites is 2. The Morgan fingerprint density at radius 1 is 1.06 bits per heavy atom. The number of aliphatic hydroxyl groups is 1. The van der Waals surface area contributed by atoms with Gasteiger partial charge in [0.05, 0.1) is 41.3 Å². The molecule has 8 nitrogen and oxygen atoms in total. The Kier molecular flexibility index (Phi) is 5.58. The van der Waals surface area contributed by atoms with Crippen LogP contribution >= 0.6 is 0 Å². The Hall–Kier alpha value is -2.58. The number of benzene rings is 1. The van der Waals surface area contributed by atoms with Gasteiger partial charge in [-0.3, -0.25) is 9.88 Å². The maximum absolute atomic E-state index is 10.9. The first-order valence-electron chi connectivity index (χ1n) is 11.4. The highest BCUT2D eigenvalue weighted by Gasteiger charge is 2.43. The number of nitrogens with zero attached hydrogens (tertiary/aromatic N) is 7. The molecule has 1 aromatic carbocycles. The van der Waals surface area contributed by atoms with E-state index in [0.717, 1.165) is 68.1 Å². The first-order valence-corrected chi connectivity index (χ1v) is 11.4. The van der Waals surface area contributed by atoms with Crippen molar-refractivity contribution in [1.82, 2.24) is 29.9 Å². The van der Waals surface area contributed by atoms with Crippen molar-refractivity contribution in [2.75, 3.05) is 31.1 Å². The van der Waals surface area contributed by atoms with Crippen LogP contribution in [0.5, 0.6) is 0 Å². The lowest BCUT2D eigenvalue weighted by Gasteiger charge is -2.34. The van der Waals surface area contributed by atoms with E-state index in [2.05, 4.69) is 38.9 Å². The lowest BCUT2D eigenvalue weighted by Crippen LogP contribution is -2.36. The molecule has 1 saturated carbocycles. The van der Waals surface area contributed by atoms with Gasteiger partial charge in [-0.05, 0) is 49.9 Å². The summed E-state index contributed by atoms with van der Waals surface area (Å²) in [6.45, 7) is 8.97. The van der Waals surface area contributed by atoms with Crippen LogP contribution in [0.2, 0.25) is 0 Å². The van der Waals surface area contributed by atoms with E-state index in [9.17, 15) is 5.11 Å². The van der Waals surface area contributed by atoms with Gasteiger partial charge in [0.25, 0.3) is 0 Å². The Bertz CT molecular complexity index is 1030. The van der Waals surface area contributed by atoms with Crippen LogP contribution in [-0.4, -0.2) is 67.3 Å². The summed E-state index contributed by atoms with van der Waals surface area (Å²) in [7, 11) is 0. The van der Waals surface area contributed by atoms with Crippen LogP contribution in [0.1, 0.15) is 38.4 Å². The Labute approximate surface area is 182 Å². The summed E-state index contributed by atoms with van der Waals surface area (Å²) >= 11 is 0. The minimum absolute atomic E-state index is 0.0122. The van der Waals surface area contributed by atoms with Crippen LogP contribution in [0.25, 0.3) is 11.0 Å². The van der Waals surface area contributed by atoms with Crippen LogP contribution in [-0.2, 0) is 6.54 Å². The summed E-state index contributed by atoms with van der Waals surface area (Å²) in [6, 6.07) is 7.97. The van der Waals surface area contributed by atoms with Crippen molar-refractivity contribution < 1.29 is 5.11 Å². The molecule has 2 aliphatic rings. The molecule has 8 heteroatoms. The van der Waals surface area contributed by atoms with Gasteiger partial charge in [-0.1, -0.05) is 31.2 Å². The SMILES string of the molecule is CCN(CC)Cc1cn([C@@H]2C[C@@H]3CN(c4cnc5ccccc5n4)C[C@@H]3C[C@H]2O)nn1. The summed E-state index contributed by atoms with van der Waals surface area (Å²) in [5.41, 5.74) is 2.82. The van der Waals surface area contributed by atoms with Gasteiger partial charge in [-0.25, -0.2) is 9.67 Å². The molecule has 164 valence electrons. The fourth-order valence-electron chi connectivity index (χ4n) is 5.20. The number of rotatable bonds is 6. The number of fused-ring (bicyclic) bond motifs is 2. The molecule has 31 heavy (non-hydrogen) atoms. The van der Waals surface area contributed by atoms with Gasteiger partial charge in [0.1, 0.15) is 5.82 Å². The largest absolute Gasteiger partial charge is 0.391 e. The topological polar surface area (TPSA) is 83.2 Å². The monoisotopic (exact) mass is 421 g/mol. The van der Waals surface area contributed by atoms with Crippen LogP contribution in [0.4, 0.5) is 5.82 Å². The quantitative estimate of drug-likeness (QED) is 0.655. The predicted octanol–water partition coefficient (Wildman–Crippen LogP) is 2.51. The van der Waals surface area contributed by atoms with Gasteiger partial charge in [-0.15, -0.1) is 5.10 Å². The van der Waals surface area contributed by atoms with Gasteiger partial charge in [0.15, 0.2) is 0 Å². The van der Waals surface area contributed by atoms with Crippen molar-refractivity contribution in [1.29, 1.82) is 0 Å². The minimum Gasteiger partial charge on any atom is -0.391 e. The molecule has 2 fully saturated rings. The molecule has 1 aliphatic carbocycles. The van der Waals surface area contributed by atoms with Crippen molar-refractivity contribution in [2.45, 2.75) is 45.4 Å². The summed E-state index contributed by atoms with van der Waals surface area (Å²) in [4.78, 5) is 14.1. The maximum atomic E-state index is 10.9. The molecule has 0 spiro atoms. The fraction of sp³-hybridized carbons (Fsp3) is 0.565. The summed E-state index contributed by atoms with van der Waals surface area (Å²) < 4.78 is 1.90. The average molecular weight is 422 g/mol. The van der Waals surface area contributed by atoms with Crippen LogP contribution < -0.4 is 4.90 Å².